The van der Waals surface area contributed by atoms with Crippen molar-refractivity contribution in [2.75, 3.05) is 27.7 Å². The van der Waals surface area contributed by atoms with Gasteiger partial charge in [0.05, 0.1) is 23.7 Å². The zero-order valence-electron chi connectivity index (χ0n) is 19.3. The molecule has 1 aliphatic heterocycles. The van der Waals surface area contributed by atoms with Gasteiger partial charge in [0.1, 0.15) is 5.75 Å². The fourth-order valence-corrected chi connectivity index (χ4v) is 4.78. The quantitative estimate of drug-likeness (QED) is 0.366. The number of ether oxygens (including phenoxy) is 1. The van der Waals surface area contributed by atoms with E-state index in [2.05, 4.69) is 17.0 Å². The van der Waals surface area contributed by atoms with Crippen LogP contribution in [0.25, 0.3) is 6.08 Å². The second-order valence-corrected chi connectivity index (χ2v) is 9.51. The predicted molar refractivity (Wildman–Crippen MR) is 142 cm³/mol. The number of hydrogen-bond acceptors (Lipinski definition) is 5. The molecule has 4 rings (SSSR count). The van der Waals surface area contributed by atoms with Crippen molar-refractivity contribution in [2.45, 2.75) is 6.04 Å². The number of halogens is 1. The minimum absolute atomic E-state index is 0.0155. The lowest BCUT2D eigenvalue weighted by Gasteiger charge is -2.29. The van der Waals surface area contributed by atoms with Crippen LogP contribution >= 0.6 is 23.4 Å². The molecule has 1 fully saturated rings. The Hall–Kier alpha value is -3.06. The summed E-state index contributed by atoms with van der Waals surface area (Å²) in [7, 11) is 5.68. The topological polar surface area (TPSA) is 45.1 Å². The monoisotopic (exact) mass is 491 g/mol. The van der Waals surface area contributed by atoms with Gasteiger partial charge in [0.15, 0.2) is 5.17 Å². The van der Waals surface area contributed by atoms with Crippen molar-refractivity contribution >= 4 is 46.2 Å². The molecule has 5 nitrogen and oxygen atoms in total. The summed E-state index contributed by atoms with van der Waals surface area (Å²) in [6.45, 7) is 0.482. The molecule has 1 aliphatic rings. The molecule has 1 saturated heterocycles. The Morgan fingerprint density at radius 2 is 1.71 bits per heavy atom. The molecule has 1 unspecified atom stereocenters. The van der Waals surface area contributed by atoms with Crippen LogP contribution in [0, 0.1) is 0 Å². The average Bonchev–Trinajstić information content (AvgIpc) is 3.13. The average molecular weight is 492 g/mol. The number of amidine groups is 1. The van der Waals surface area contributed by atoms with Gasteiger partial charge in [-0.1, -0.05) is 54.1 Å². The number of hydrogen-bond donors (Lipinski definition) is 0. The van der Waals surface area contributed by atoms with Gasteiger partial charge in [-0.25, -0.2) is 4.99 Å². The first-order valence-corrected chi connectivity index (χ1v) is 12.0. The van der Waals surface area contributed by atoms with E-state index in [-0.39, 0.29) is 11.9 Å². The Labute approximate surface area is 209 Å². The van der Waals surface area contributed by atoms with Crippen LogP contribution in [-0.2, 0) is 4.79 Å². The smallest absolute Gasteiger partial charge is 0.266 e. The van der Waals surface area contributed by atoms with Gasteiger partial charge in [-0.2, -0.15) is 0 Å². The summed E-state index contributed by atoms with van der Waals surface area (Å²) >= 11 is 7.41. The number of likely N-dealkylation sites (N-methyl/N-ethyl adjacent to an activating group) is 1. The molecule has 3 aromatic rings. The van der Waals surface area contributed by atoms with Crippen LogP contribution in [0.2, 0.25) is 5.02 Å². The number of thioether (sulfide) groups is 1. The van der Waals surface area contributed by atoms with Gasteiger partial charge in [0.2, 0.25) is 0 Å². The zero-order chi connectivity index (χ0) is 24.1. The third kappa shape index (κ3) is 5.70. The molecular weight excluding hydrogens is 466 g/mol. The predicted octanol–water partition coefficient (Wildman–Crippen LogP) is 6.26. The maximum absolute atomic E-state index is 13.6. The van der Waals surface area contributed by atoms with Crippen molar-refractivity contribution < 1.29 is 9.53 Å². The molecule has 0 radical (unpaired) electrons. The second kappa shape index (κ2) is 10.9. The van der Waals surface area contributed by atoms with Crippen LogP contribution in [0.4, 0.5) is 5.69 Å². The summed E-state index contributed by atoms with van der Waals surface area (Å²) in [6.07, 6.45) is 1.89. The number of benzene rings is 3. The van der Waals surface area contributed by atoms with Crippen LogP contribution in [-0.4, -0.2) is 48.6 Å². The minimum atomic E-state index is -0.0602. The maximum Gasteiger partial charge on any atom is 0.266 e. The number of nitrogens with zero attached hydrogens (tertiary/aromatic N) is 3. The van der Waals surface area contributed by atoms with Gasteiger partial charge >= 0.3 is 0 Å². The molecule has 34 heavy (non-hydrogen) atoms. The highest BCUT2D eigenvalue weighted by Crippen LogP contribution is 2.36. The highest BCUT2D eigenvalue weighted by Gasteiger charge is 2.35. The van der Waals surface area contributed by atoms with Crippen molar-refractivity contribution in [3.8, 4) is 5.75 Å². The van der Waals surface area contributed by atoms with E-state index in [1.165, 1.54) is 11.8 Å². The summed E-state index contributed by atoms with van der Waals surface area (Å²) in [6, 6.07) is 25.2. The lowest BCUT2D eigenvalue weighted by molar-refractivity contribution is -0.122. The van der Waals surface area contributed by atoms with Crippen molar-refractivity contribution in [3.05, 3.63) is 99.9 Å². The molecule has 1 heterocycles. The number of carbonyl (C=O) groups is 1. The van der Waals surface area contributed by atoms with Crippen LogP contribution in [0.1, 0.15) is 17.2 Å². The van der Waals surface area contributed by atoms with Crippen LogP contribution < -0.4 is 4.74 Å². The molecule has 0 aromatic heterocycles. The fourth-order valence-electron chi connectivity index (χ4n) is 3.64. The van der Waals surface area contributed by atoms with E-state index in [0.717, 1.165) is 22.6 Å². The lowest BCUT2D eigenvalue weighted by Crippen LogP contribution is -2.37. The van der Waals surface area contributed by atoms with Gasteiger partial charge in [-0.15, -0.1) is 0 Å². The Morgan fingerprint density at radius 1 is 1.03 bits per heavy atom. The number of methoxy groups -OCH3 is 1. The van der Waals surface area contributed by atoms with E-state index < -0.39 is 0 Å². The van der Waals surface area contributed by atoms with Crippen molar-refractivity contribution in [1.29, 1.82) is 0 Å². The standard InChI is InChI=1S/C27H26ClN3O2S/c1-30(2)24(20-7-5-4-6-8-20)18-31-26(32)25(17-19-9-11-21(28)12-10-19)34-27(31)29-22-13-15-23(33-3)16-14-22/h4-17,24H,18H2,1-3H3/b25-17+,29-27?. The molecule has 7 heteroatoms. The first kappa shape index (κ1) is 24.1. The largest absolute Gasteiger partial charge is 0.497 e. The van der Waals surface area contributed by atoms with Gasteiger partial charge in [0.25, 0.3) is 5.91 Å². The zero-order valence-corrected chi connectivity index (χ0v) is 20.9. The van der Waals surface area contributed by atoms with Crippen LogP contribution in [0.5, 0.6) is 5.75 Å². The Balaban J connectivity index is 1.70. The summed E-state index contributed by atoms with van der Waals surface area (Å²) < 4.78 is 5.25. The normalized spacial score (nSPS) is 17.1. The van der Waals surface area contributed by atoms with Crippen LogP contribution in [0.15, 0.2) is 88.8 Å². The summed E-state index contributed by atoms with van der Waals surface area (Å²) in [5, 5.41) is 1.31. The highest BCUT2D eigenvalue weighted by atomic mass is 35.5. The molecule has 3 aromatic carbocycles. The number of carbonyl (C=O) groups excluding carboxylic acids is 1. The van der Waals surface area contributed by atoms with Gasteiger partial charge in [-0.05, 0) is 79.5 Å². The summed E-state index contributed by atoms with van der Waals surface area (Å²) in [5.74, 6) is 0.700. The third-order valence-electron chi connectivity index (χ3n) is 5.52. The number of amides is 1. The SMILES string of the molecule is COc1ccc(N=C2S/C(=C/c3ccc(Cl)cc3)C(=O)N2CC(c2ccccc2)N(C)C)cc1. The Bertz CT molecular complexity index is 1190. The first-order chi connectivity index (χ1) is 16.4. The molecule has 0 N–H and O–H groups in total. The van der Waals surface area contributed by atoms with E-state index in [1.54, 1.807) is 12.0 Å². The molecule has 1 amide bonds. The van der Waals surface area contributed by atoms with Crippen LogP contribution in [0.3, 0.4) is 0 Å². The molecule has 0 aliphatic carbocycles. The van der Waals surface area contributed by atoms with E-state index in [1.807, 2.05) is 86.9 Å². The molecule has 0 spiro atoms. The molecule has 174 valence electrons. The molecule has 0 saturated carbocycles. The van der Waals surface area contributed by atoms with Gasteiger partial charge in [-0.3, -0.25) is 9.69 Å². The number of aliphatic imine (C=N–C) groups is 1. The van der Waals surface area contributed by atoms with E-state index in [0.29, 0.717) is 21.6 Å². The maximum atomic E-state index is 13.6. The number of rotatable bonds is 7. The third-order valence-corrected chi connectivity index (χ3v) is 6.77. The summed E-state index contributed by atoms with van der Waals surface area (Å²) in [4.78, 5) is 22.9. The van der Waals surface area contributed by atoms with E-state index in [4.69, 9.17) is 21.3 Å². The van der Waals surface area contributed by atoms with Crippen molar-refractivity contribution in [3.63, 3.8) is 0 Å². The Kier molecular flexibility index (Phi) is 7.73. The first-order valence-electron chi connectivity index (χ1n) is 10.9. The molecule has 0 bridgehead atoms. The van der Waals surface area contributed by atoms with E-state index >= 15 is 0 Å². The van der Waals surface area contributed by atoms with Crippen molar-refractivity contribution in [2.24, 2.45) is 4.99 Å². The van der Waals surface area contributed by atoms with Gasteiger partial charge in [0, 0.05) is 11.6 Å². The summed E-state index contributed by atoms with van der Waals surface area (Å²) in [5.41, 5.74) is 2.82. The highest BCUT2D eigenvalue weighted by molar-refractivity contribution is 8.18. The lowest BCUT2D eigenvalue weighted by atomic mass is 10.1. The molecular formula is C27H26ClN3O2S. The second-order valence-electron chi connectivity index (χ2n) is 8.06. The molecule has 1 atom stereocenters. The Morgan fingerprint density at radius 3 is 2.32 bits per heavy atom. The van der Waals surface area contributed by atoms with Gasteiger partial charge < -0.3 is 9.64 Å². The van der Waals surface area contributed by atoms with Crippen molar-refractivity contribution in [1.82, 2.24) is 9.80 Å². The fraction of sp³-hybridized carbons (Fsp3) is 0.185. The minimum Gasteiger partial charge on any atom is -0.497 e. The van der Waals surface area contributed by atoms with E-state index in [9.17, 15) is 4.79 Å².